The highest BCUT2D eigenvalue weighted by atomic mass is 32.1. The highest BCUT2D eigenvalue weighted by Crippen LogP contribution is 2.40. The summed E-state index contributed by atoms with van der Waals surface area (Å²) in [4.78, 5) is 20.4. The zero-order valence-corrected chi connectivity index (χ0v) is 14.9. The first kappa shape index (κ1) is 15.8. The van der Waals surface area contributed by atoms with E-state index in [1.165, 1.54) is 5.56 Å². The minimum atomic E-state index is 0.0208. The molecule has 5 heteroatoms. The molecule has 0 spiro atoms. The Bertz CT molecular complexity index is 754. The second-order valence-corrected chi connectivity index (χ2v) is 8.41. The van der Waals surface area contributed by atoms with Crippen LogP contribution in [0.25, 0.3) is 0 Å². The number of nitrogens with zero attached hydrogens (tertiary/aromatic N) is 2. The number of morpholine rings is 1. The predicted molar refractivity (Wildman–Crippen MR) is 95.9 cm³/mol. The van der Waals surface area contributed by atoms with E-state index in [2.05, 4.69) is 30.9 Å². The summed E-state index contributed by atoms with van der Waals surface area (Å²) in [5.41, 5.74) is 2.20. The number of benzene rings is 1. The number of hydrogen-bond donors (Lipinski definition) is 0. The molecule has 24 heavy (non-hydrogen) atoms. The number of carbonyl (C=O) groups is 1. The number of rotatable bonds is 2. The van der Waals surface area contributed by atoms with Crippen LogP contribution in [0.5, 0.6) is 0 Å². The SMILES string of the molecule is CC1(C)CC(=O)c2sc(N3CCOC(c4ccccc4)C3)nc2C1. The number of anilines is 1. The molecule has 1 saturated heterocycles. The quantitative estimate of drug-likeness (QED) is 0.831. The lowest BCUT2D eigenvalue weighted by Crippen LogP contribution is -2.38. The Morgan fingerprint density at radius 2 is 2.04 bits per heavy atom. The van der Waals surface area contributed by atoms with Crippen molar-refractivity contribution >= 4 is 22.3 Å². The molecule has 1 fully saturated rings. The van der Waals surface area contributed by atoms with Gasteiger partial charge in [-0.05, 0) is 17.4 Å². The fraction of sp³-hybridized carbons (Fsp3) is 0.474. The molecule has 4 rings (SSSR count). The van der Waals surface area contributed by atoms with E-state index in [0.29, 0.717) is 13.0 Å². The maximum Gasteiger partial charge on any atom is 0.186 e. The minimum absolute atomic E-state index is 0.0208. The number of Topliss-reactive ketones (excluding diaryl/α,β-unsaturated/α-hetero) is 1. The Balaban J connectivity index is 1.57. The molecule has 1 unspecified atom stereocenters. The summed E-state index contributed by atoms with van der Waals surface area (Å²) in [6, 6.07) is 10.3. The third-order valence-electron chi connectivity index (χ3n) is 4.73. The van der Waals surface area contributed by atoms with Crippen molar-refractivity contribution in [2.75, 3.05) is 24.6 Å². The van der Waals surface area contributed by atoms with Crippen molar-refractivity contribution < 1.29 is 9.53 Å². The van der Waals surface area contributed by atoms with Crippen molar-refractivity contribution in [3.05, 3.63) is 46.5 Å². The van der Waals surface area contributed by atoms with Gasteiger partial charge in [-0.15, -0.1) is 0 Å². The minimum Gasteiger partial charge on any atom is -0.370 e. The number of fused-ring (bicyclic) bond motifs is 1. The van der Waals surface area contributed by atoms with Crippen LogP contribution in [-0.2, 0) is 11.2 Å². The fourth-order valence-corrected chi connectivity index (χ4v) is 4.59. The first-order chi connectivity index (χ1) is 11.5. The van der Waals surface area contributed by atoms with Crippen molar-refractivity contribution in [2.24, 2.45) is 5.41 Å². The van der Waals surface area contributed by atoms with E-state index in [4.69, 9.17) is 9.72 Å². The lowest BCUT2D eigenvalue weighted by Gasteiger charge is -2.33. The number of carbonyl (C=O) groups excluding carboxylic acids is 1. The summed E-state index contributed by atoms with van der Waals surface area (Å²) in [6.45, 7) is 6.59. The third-order valence-corrected chi connectivity index (χ3v) is 5.93. The molecule has 1 aliphatic heterocycles. The normalized spacial score (nSPS) is 23.2. The topological polar surface area (TPSA) is 42.4 Å². The van der Waals surface area contributed by atoms with Crippen molar-refractivity contribution in [2.45, 2.75) is 32.8 Å². The zero-order valence-electron chi connectivity index (χ0n) is 14.1. The maximum atomic E-state index is 12.4. The Labute approximate surface area is 146 Å². The standard InChI is InChI=1S/C19H22N2O2S/c1-19(2)10-14-17(15(22)11-19)24-18(20-14)21-8-9-23-16(12-21)13-6-4-3-5-7-13/h3-7,16H,8-12H2,1-2H3. The number of thiazole rings is 1. The van der Waals surface area contributed by atoms with Crippen molar-refractivity contribution in [1.82, 2.24) is 4.98 Å². The molecule has 0 bridgehead atoms. The molecule has 1 atom stereocenters. The zero-order chi connectivity index (χ0) is 16.7. The number of ketones is 1. The fourth-order valence-electron chi connectivity index (χ4n) is 3.54. The average molecular weight is 342 g/mol. The molecule has 0 radical (unpaired) electrons. The van der Waals surface area contributed by atoms with Crippen molar-refractivity contribution in [1.29, 1.82) is 0 Å². The van der Waals surface area contributed by atoms with Crippen LogP contribution >= 0.6 is 11.3 Å². The van der Waals surface area contributed by atoms with Gasteiger partial charge in [0.25, 0.3) is 0 Å². The van der Waals surface area contributed by atoms with Gasteiger partial charge >= 0.3 is 0 Å². The molecule has 2 heterocycles. The largest absolute Gasteiger partial charge is 0.370 e. The van der Waals surface area contributed by atoms with Crippen LogP contribution in [0.15, 0.2) is 30.3 Å². The molecule has 126 valence electrons. The van der Waals surface area contributed by atoms with Gasteiger partial charge < -0.3 is 9.64 Å². The van der Waals surface area contributed by atoms with Crippen LogP contribution in [-0.4, -0.2) is 30.5 Å². The third kappa shape index (κ3) is 2.98. The van der Waals surface area contributed by atoms with Crippen LogP contribution in [0.3, 0.4) is 0 Å². The lowest BCUT2D eigenvalue weighted by molar-refractivity contribution is 0.0398. The van der Waals surface area contributed by atoms with Gasteiger partial charge in [0, 0.05) is 13.0 Å². The lowest BCUT2D eigenvalue weighted by atomic mass is 9.78. The van der Waals surface area contributed by atoms with Crippen LogP contribution in [0.2, 0.25) is 0 Å². The van der Waals surface area contributed by atoms with E-state index in [9.17, 15) is 4.79 Å². The van der Waals surface area contributed by atoms with E-state index in [-0.39, 0.29) is 17.3 Å². The molecule has 0 amide bonds. The molecular weight excluding hydrogens is 320 g/mol. The molecule has 0 saturated carbocycles. The second kappa shape index (κ2) is 5.97. The molecule has 2 aromatic rings. The number of hydrogen-bond acceptors (Lipinski definition) is 5. The van der Waals surface area contributed by atoms with Crippen molar-refractivity contribution in [3.8, 4) is 0 Å². The molecule has 1 aromatic heterocycles. The number of ether oxygens (including phenoxy) is 1. The molecule has 2 aliphatic rings. The summed E-state index contributed by atoms with van der Waals surface area (Å²) >= 11 is 1.56. The van der Waals surface area contributed by atoms with E-state index in [1.807, 2.05) is 18.2 Å². The first-order valence-electron chi connectivity index (χ1n) is 8.46. The van der Waals surface area contributed by atoms with Gasteiger partial charge in [-0.2, -0.15) is 0 Å². The molecule has 0 N–H and O–H groups in total. The van der Waals surface area contributed by atoms with E-state index in [0.717, 1.165) is 35.2 Å². The summed E-state index contributed by atoms with van der Waals surface area (Å²) in [5.74, 6) is 0.248. The smallest absolute Gasteiger partial charge is 0.186 e. The van der Waals surface area contributed by atoms with E-state index >= 15 is 0 Å². The van der Waals surface area contributed by atoms with Crippen LogP contribution < -0.4 is 4.90 Å². The summed E-state index contributed by atoms with van der Waals surface area (Å²) in [6.07, 6.45) is 1.57. The Morgan fingerprint density at radius 1 is 1.25 bits per heavy atom. The summed E-state index contributed by atoms with van der Waals surface area (Å²) < 4.78 is 5.94. The second-order valence-electron chi connectivity index (χ2n) is 7.43. The van der Waals surface area contributed by atoms with E-state index < -0.39 is 0 Å². The average Bonchev–Trinajstić information content (AvgIpc) is 2.99. The molecule has 4 nitrogen and oxygen atoms in total. The molecule has 1 aliphatic carbocycles. The van der Waals surface area contributed by atoms with Crippen molar-refractivity contribution in [3.63, 3.8) is 0 Å². The molecular formula is C19H22N2O2S. The Morgan fingerprint density at radius 3 is 2.83 bits per heavy atom. The summed E-state index contributed by atoms with van der Waals surface area (Å²) in [5, 5.41) is 0.968. The van der Waals surface area contributed by atoms with Gasteiger partial charge in [-0.25, -0.2) is 4.98 Å². The van der Waals surface area contributed by atoms with Crippen LogP contribution in [0.4, 0.5) is 5.13 Å². The van der Waals surface area contributed by atoms with E-state index in [1.54, 1.807) is 11.3 Å². The number of aromatic nitrogens is 1. The van der Waals surface area contributed by atoms with Gasteiger partial charge in [0.05, 0.1) is 23.7 Å². The molecule has 1 aromatic carbocycles. The highest BCUT2D eigenvalue weighted by Gasteiger charge is 2.35. The first-order valence-corrected chi connectivity index (χ1v) is 9.28. The predicted octanol–water partition coefficient (Wildman–Crippen LogP) is 3.88. The Kier molecular flexibility index (Phi) is 3.93. The Hall–Kier alpha value is -1.72. The van der Waals surface area contributed by atoms with Gasteiger partial charge in [0.1, 0.15) is 6.10 Å². The van der Waals surface area contributed by atoms with Gasteiger partial charge in [-0.1, -0.05) is 55.5 Å². The van der Waals surface area contributed by atoms with Gasteiger partial charge in [0.15, 0.2) is 10.9 Å². The van der Waals surface area contributed by atoms with Crippen LogP contribution in [0, 0.1) is 5.41 Å². The monoisotopic (exact) mass is 342 g/mol. The van der Waals surface area contributed by atoms with Crippen LogP contribution in [0.1, 0.15) is 47.3 Å². The van der Waals surface area contributed by atoms with Gasteiger partial charge in [0.2, 0.25) is 0 Å². The highest BCUT2D eigenvalue weighted by molar-refractivity contribution is 7.17. The summed E-state index contributed by atoms with van der Waals surface area (Å²) in [7, 11) is 0. The maximum absolute atomic E-state index is 12.4. The van der Waals surface area contributed by atoms with Gasteiger partial charge in [-0.3, -0.25) is 4.79 Å².